The van der Waals surface area contributed by atoms with Crippen LogP contribution in [-0.4, -0.2) is 13.0 Å². The molecule has 5 nitrogen and oxygen atoms in total. The number of hydrogen-bond acceptors (Lipinski definition) is 4. The van der Waals surface area contributed by atoms with Crippen molar-refractivity contribution in [1.29, 1.82) is 5.26 Å². The third-order valence-corrected chi connectivity index (χ3v) is 5.75. The first-order valence-electron chi connectivity index (χ1n) is 9.64. The van der Waals surface area contributed by atoms with Crippen molar-refractivity contribution in [2.45, 2.75) is 13.5 Å². The van der Waals surface area contributed by atoms with Crippen molar-refractivity contribution in [1.82, 2.24) is 0 Å². The molecule has 32 heavy (non-hydrogen) atoms. The van der Waals surface area contributed by atoms with Crippen LogP contribution in [0.4, 0.5) is 5.69 Å². The molecular weight excluding hydrogens is 536 g/mol. The zero-order chi connectivity index (χ0) is 23.1. The van der Waals surface area contributed by atoms with Gasteiger partial charge in [-0.2, -0.15) is 5.26 Å². The van der Waals surface area contributed by atoms with Gasteiger partial charge < -0.3 is 14.8 Å². The van der Waals surface area contributed by atoms with Crippen LogP contribution in [-0.2, 0) is 11.4 Å². The third kappa shape index (κ3) is 6.22. The highest BCUT2D eigenvalue weighted by molar-refractivity contribution is 9.10. The molecule has 7 heteroatoms. The summed E-state index contributed by atoms with van der Waals surface area (Å²) in [6, 6.07) is 20.7. The van der Waals surface area contributed by atoms with Gasteiger partial charge in [-0.1, -0.05) is 56.1 Å². The van der Waals surface area contributed by atoms with Crippen LogP contribution in [0, 0.1) is 18.3 Å². The molecule has 0 heterocycles. The van der Waals surface area contributed by atoms with E-state index in [4.69, 9.17) is 9.47 Å². The normalized spacial score (nSPS) is 10.9. The van der Waals surface area contributed by atoms with E-state index in [1.165, 1.54) is 6.08 Å². The average molecular weight is 556 g/mol. The summed E-state index contributed by atoms with van der Waals surface area (Å²) in [7, 11) is 1.54. The van der Waals surface area contributed by atoms with Crippen molar-refractivity contribution in [3.05, 3.63) is 91.9 Å². The van der Waals surface area contributed by atoms with Gasteiger partial charge in [0.2, 0.25) is 0 Å². The number of nitriles is 1. The molecule has 0 bridgehead atoms. The number of methoxy groups -OCH3 is 1. The van der Waals surface area contributed by atoms with Crippen LogP contribution in [0.15, 0.2) is 75.2 Å². The Balaban J connectivity index is 1.81. The molecule has 0 saturated carbocycles. The predicted molar refractivity (Wildman–Crippen MR) is 133 cm³/mol. The van der Waals surface area contributed by atoms with E-state index < -0.39 is 5.91 Å². The van der Waals surface area contributed by atoms with Gasteiger partial charge in [-0.3, -0.25) is 4.79 Å². The fraction of sp³-hybridized carbons (Fsp3) is 0.120. The molecule has 1 N–H and O–H groups in total. The fourth-order valence-electron chi connectivity index (χ4n) is 2.90. The van der Waals surface area contributed by atoms with Gasteiger partial charge in [0, 0.05) is 14.6 Å². The first-order chi connectivity index (χ1) is 15.4. The van der Waals surface area contributed by atoms with Crippen LogP contribution in [0.25, 0.3) is 6.08 Å². The summed E-state index contributed by atoms with van der Waals surface area (Å²) in [6.07, 6.45) is 1.51. The van der Waals surface area contributed by atoms with Crippen LogP contribution < -0.4 is 14.8 Å². The second-order valence-corrected chi connectivity index (χ2v) is 8.70. The van der Waals surface area contributed by atoms with E-state index >= 15 is 0 Å². The monoisotopic (exact) mass is 554 g/mol. The highest BCUT2D eigenvalue weighted by Gasteiger charge is 2.14. The van der Waals surface area contributed by atoms with Crippen LogP contribution in [0.2, 0.25) is 0 Å². The number of rotatable bonds is 7. The molecule has 0 aliphatic carbocycles. The Kier molecular flexibility index (Phi) is 8.09. The zero-order valence-electron chi connectivity index (χ0n) is 17.5. The number of carbonyl (C=O) groups is 1. The Hall–Kier alpha value is -3.08. The van der Waals surface area contributed by atoms with E-state index in [-0.39, 0.29) is 5.57 Å². The molecule has 0 spiro atoms. The minimum atomic E-state index is -0.487. The molecule has 0 aliphatic rings. The standard InChI is InChI=1S/C25H20Br2N2O3/c1-16-4-3-5-21(10-16)29-25(30)19(14-28)11-18-12-23(31-2)24(13-22(18)27)32-15-17-6-8-20(26)9-7-17/h3-13H,15H2,1-2H3,(H,29,30). The number of ether oxygens (including phenoxy) is 2. The van der Waals surface area contributed by atoms with Crippen LogP contribution in [0.3, 0.4) is 0 Å². The zero-order valence-corrected chi connectivity index (χ0v) is 20.7. The lowest BCUT2D eigenvalue weighted by atomic mass is 10.1. The van der Waals surface area contributed by atoms with Gasteiger partial charge in [-0.25, -0.2) is 0 Å². The molecule has 0 atom stereocenters. The summed E-state index contributed by atoms with van der Waals surface area (Å²) in [5.74, 6) is 0.551. The summed E-state index contributed by atoms with van der Waals surface area (Å²) in [5.41, 5.74) is 3.24. The lowest BCUT2D eigenvalue weighted by Gasteiger charge is -2.13. The molecule has 1 amide bonds. The molecule has 162 valence electrons. The molecule has 0 aromatic heterocycles. The smallest absolute Gasteiger partial charge is 0.266 e. The molecule has 3 rings (SSSR count). The number of nitrogens with zero attached hydrogens (tertiary/aromatic N) is 1. The van der Waals surface area contributed by atoms with Gasteiger partial charge in [0.15, 0.2) is 11.5 Å². The maximum atomic E-state index is 12.6. The van der Waals surface area contributed by atoms with Crippen LogP contribution in [0.5, 0.6) is 11.5 Å². The Labute approximate surface area is 203 Å². The number of hydrogen-bond donors (Lipinski definition) is 1. The predicted octanol–water partition coefficient (Wildman–Crippen LogP) is 6.65. The molecule has 3 aromatic rings. The summed E-state index contributed by atoms with van der Waals surface area (Å²) >= 11 is 6.92. The van der Waals surface area contributed by atoms with Crippen molar-refractivity contribution in [3.8, 4) is 17.6 Å². The third-order valence-electron chi connectivity index (χ3n) is 4.53. The number of halogens is 2. The van der Waals surface area contributed by atoms with Gasteiger partial charge >= 0.3 is 0 Å². The number of nitrogens with one attached hydrogen (secondary N) is 1. The van der Waals surface area contributed by atoms with Crippen molar-refractivity contribution in [2.24, 2.45) is 0 Å². The largest absolute Gasteiger partial charge is 0.493 e. The molecule has 0 unspecified atom stereocenters. The van der Waals surface area contributed by atoms with Crippen LogP contribution >= 0.6 is 31.9 Å². The van der Waals surface area contributed by atoms with Gasteiger partial charge in [0.1, 0.15) is 18.2 Å². The minimum absolute atomic E-state index is 0.0298. The van der Waals surface area contributed by atoms with Gasteiger partial charge in [-0.05, 0) is 66.1 Å². The number of amides is 1. The number of benzene rings is 3. The molecule has 0 radical (unpaired) electrons. The highest BCUT2D eigenvalue weighted by atomic mass is 79.9. The summed E-state index contributed by atoms with van der Waals surface area (Å²) in [4.78, 5) is 12.6. The van der Waals surface area contributed by atoms with E-state index in [0.717, 1.165) is 15.6 Å². The number of anilines is 1. The van der Waals surface area contributed by atoms with Crippen molar-refractivity contribution < 1.29 is 14.3 Å². The van der Waals surface area contributed by atoms with Crippen molar-refractivity contribution in [2.75, 3.05) is 12.4 Å². The Morgan fingerprint density at radius 1 is 1.09 bits per heavy atom. The molecule has 0 aliphatic heterocycles. The topological polar surface area (TPSA) is 71.3 Å². The van der Waals surface area contributed by atoms with E-state index in [0.29, 0.717) is 33.8 Å². The van der Waals surface area contributed by atoms with Gasteiger partial charge in [0.25, 0.3) is 5.91 Å². The summed E-state index contributed by atoms with van der Waals surface area (Å²) in [5, 5.41) is 12.3. The minimum Gasteiger partial charge on any atom is -0.493 e. The van der Waals surface area contributed by atoms with Crippen molar-refractivity contribution in [3.63, 3.8) is 0 Å². The van der Waals surface area contributed by atoms with Crippen LogP contribution in [0.1, 0.15) is 16.7 Å². The second kappa shape index (κ2) is 11.0. The maximum Gasteiger partial charge on any atom is 0.266 e. The number of carbonyl (C=O) groups excluding carboxylic acids is 1. The summed E-state index contributed by atoms with van der Waals surface area (Å²) < 4.78 is 13.1. The van der Waals surface area contributed by atoms with E-state index in [2.05, 4.69) is 37.2 Å². The Morgan fingerprint density at radius 3 is 2.50 bits per heavy atom. The molecule has 3 aromatic carbocycles. The summed E-state index contributed by atoms with van der Waals surface area (Å²) in [6.45, 7) is 2.30. The Bertz CT molecular complexity index is 1200. The first kappa shape index (κ1) is 23.6. The lowest BCUT2D eigenvalue weighted by Crippen LogP contribution is -2.13. The molecule has 0 saturated heterocycles. The van der Waals surface area contributed by atoms with E-state index in [1.54, 1.807) is 25.3 Å². The Morgan fingerprint density at radius 2 is 1.84 bits per heavy atom. The number of aryl methyl sites for hydroxylation is 1. The van der Waals surface area contributed by atoms with E-state index in [9.17, 15) is 10.1 Å². The molecule has 0 fully saturated rings. The first-order valence-corrected chi connectivity index (χ1v) is 11.2. The maximum absolute atomic E-state index is 12.6. The highest BCUT2D eigenvalue weighted by Crippen LogP contribution is 2.35. The van der Waals surface area contributed by atoms with Gasteiger partial charge in [0.05, 0.1) is 7.11 Å². The van der Waals surface area contributed by atoms with Gasteiger partial charge in [-0.15, -0.1) is 0 Å². The van der Waals surface area contributed by atoms with Crippen molar-refractivity contribution >= 4 is 49.5 Å². The fourth-order valence-corrected chi connectivity index (χ4v) is 3.60. The quantitative estimate of drug-likeness (QED) is 0.261. The van der Waals surface area contributed by atoms with E-state index in [1.807, 2.05) is 55.5 Å². The molecular formula is C25H20Br2N2O3. The second-order valence-electron chi connectivity index (χ2n) is 6.93. The average Bonchev–Trinajstić information content (AvgIpc) is 2.78. The SMILES string of the molecule is COc1cc(C=C(C#N)C(=O)Nc2cccc(C)c2)c(Br)cc1OCc1ccc(Br)cc1. The lowest BCUT2D eigenvalue weighted by molar-refractivity contribution is -0.112.